The first-order chi connectivity index (χ1) is 7.08. The molecule has 2 N–H and O–H groups in total. The fourth-order valence-corrected chi connectivity index (χ4v) is 1.65. The molecular weight excluding hydrogens is 198 g/mol. The van der Waals surface area contributed by atoms with Crippen LogP contribution in [-0.4, -0.2) is 35.7 Å². The van der Waals surface area contributed by atoms with Gasteiger partial charge in [0, 0.05) is 6.42 Å². The summed E-state index contributed by atoms with van der Waals surface area (Å²) in [5.41, 5.74) is 0. The molecule has 0 saturated carbocycles. The van der Waals surface area contributed by atoms with Gasteiger partial charge in [0.05, 0.1) is 12.2 Å². The lowest BCUT2D eigenvalue weighted by molar-refractivity contribution is -0.138. The minimum absolute atomic E-state index is 0.163. The highest BCUT2D eigenvalue weighted by atomic mass is 16.5. The van der Waals surface area contributed by atoms with E-state index >= 15 is 0 Å². The Kier molecular flexibility index (Phi) is 4.55. The molecular formula is C10H17NO4. The van der Waals surface area contributed by atoms with Gasteiger partial charge in [-0.1, -0.05) is 0 Å². The molecule has 1 amide bonds. The Hall–Kier alpha value is -1.10. The number of carbonyl (C=O) groups excluding carboxylic acids is 1. The van der Waals surface area contributed by atoms with Crippen LogP contribution in [0.3, 0.4) is 0 Å². The van der Waals surface area contributed by atoms with Crippen LogP contribution in [0.1, 0.15) is 32.6 Å². The lowest BCUT2D eigenvalue weighted by Gasteiger charge is -2.10. The van der Waals surface area contributed by atoms with Gasteiger partial charge in [-0.25, -0.2) is 0 Å². The van der Waals surface area contributed by atoms with Gasteiger partial charge in [-0.2, -0.15) is 0 Å². The van der Waals surface area contributed by atoms with Gasteiger partial charge in [0.25, 0.3) is 0 Å². The molecule has 0 aliphatic carbocycles. The summed E-state index contributed by atoms with van der Waals surface area (Å²) in [6, 6.07) is 0. The third-order valence-electron chi connectivity index (χ3n) is 2.45. The van der Waals surface area contributed by atoms with Crippen LogP contribution in [-0.2, 0) is 14.3 Å². The van der Waals surface area contributed by atoms with Crippen LogP contribution in [0.5, 0.6) is 0 Å². The van der Waals surface area contributed by atoms with E-state index in [2.05, 4.69) is 5.32 Å². The van der Waals surface area contributed by atoms with Crippen molar-refractivity contribution in [3.05, 3.63) is 0 Å². The summed E-state index contributed by atoms with van der Waals surface area (Å²) < 4.78 is 5.54. The van der Waals surface area contributed by atoms with Crippen molar-refractivity contribution >= 4 is 11.9 Å². The first-order valence-corrected chi connectivity index (χ1v) is 5.22. The minimum atomic E-state index is -1.02. The van der Waals surface area contributed by atoms with Gasteiger partial charge >= 0.3 is 5.97 Å². The molecule has 0 aromatic heterocycles. The summed E-state index contributed by atoms with van der Waals surface area (Å²) >= 11 is 0. The molecule has 0 aromatic carbocycles. The van der Waals surface area contributed by atoms with Crippen LogP contribution < -0.4 is 5.32 Å². The van der Waals surface area contributed by atoms with Crippen molar-refractivity contribution in [1.82, 2.24) is 5.32 Å². The van der Waals surface area contributed by atoms with Crippen molar-refractivity contribution in [2.45, 2.75) is 44.8 Å². The van der Waals surface area contributed by atoms with Crippen LogP contribution in [0.25, 0.3) is 0 Å². The summed E-state index contributed by atoms with van der Waals surface area (Å²) in [4.78, 5) is 21.3. The number of amides is 1. The van der Waals surface area contributed by atoms with E-state index in [0.29, 0.717) is 12.8 Å². The van der Waals surface area contributed by atoms with Crippen LogP contribution in [0.2, 0.25) is 0 Å². The third kappa shape index (κ3) is 4.78. The minimum Gasteiger partial charge on any atom is -0.480 e. The number of aliphatic carboxylic acids is 1. The summed E-state index contributed by atoms with van der Waals surface area (Å²) in [5, 5.41) is 10.7. The monoisotopic (exact) mass is 215 g/mol. The quantitative estimate of drug-likeness (QED) is 0.701. The van der Waals surface area contributed by atoms with Crippen molar-refractivity contribution < 1.29 is 19.4 Å². The molecule has 2 unspecified atom stereocenters. The van der Waals surface area contributed by atoms with Crippen LogP contribution >= 0.6 is 0 Å². The van der Waals surface area contributed by atoms with E-state index in [1.54, 1.807) is 0 Å². The zero-order valence-corrected chi connectivity index (χ0v) is 8.86. The average Bonchev–Trinajstić information content (AvgIpc) is 2.58. The Morgan fingerprint density at radius 1 is 1.47 bits per heavy atom. The van der Waals surface area contributed by atoms with E-state index in [0.717, 1.165) is 12.8 Å². The summed E-state index contributed by atoms with van der Waals surface area (Å²) in [6.45, 7) is 1.71. The smallest absolute Gasteiger partial charge is 0.322 e. The molecule has 0 spiro atoms. The summed E-state index contributed by atoms with van der Waals surface area (Å²) in [5.74, 6) is -1.24. The zero-order chi connectivity index (χ0) is 11.3. The molecule has 2 atom stereocenters. The Labute approximate surface area is 88.8 Å². The third-order valence-corrected chi connectivity index (χ3v) is 2.45. The number of ether oxygens (including phenoxy) is 1. The van der Waals surface area contributed by atoms with Gasteiger partial charge in [-0.15, -0.1) is 0 Å². The first-order valence-electron chi connectivity index (χ1n) is 5.22. The SMILES string of the molecule is CC1CCC(CCC(=O)NCC(=O)O)O1. The second kappa shape index (κ2) is 5.70. The molecule has 5 heteroatoms. The molecule has 5 nitrogen and oxygen atoms in total. The second-order valence-corrected chi connectivity index (χ2v) is 3.86. The number of hydrogen-bond acceptors (Lipinski definition) is 3. The predicted octanol–water partition coefficient (Wildman–Crippen LogP) is 0.535. The average molecular weight is 215 g/mol. The largest absolute Gasteiger partial charge is 0.480 e. The molecule has 86 valence electrons. The molecule has 1 heterocycles. The highest BCUT2D eigenvalue weighted by Crippen LogP contribution is 2.22. The molecule has 0 bridgehead atoms. The number of carboxylic acids is 1. The fraction of sp³-hybridized carbons (Fsp3) is 0.800. The molecule has 1 rings (SSSR count). The summed E-state index contributed by atoms with van der Waals surface area (Å²) in [7, 11) is 0. The van der Waals surface area contributed by atoms with Gasteiger partial charge in [0.2, 0.25) is 5.91 Å². The molecule has 1 saturated heterocycles. The van der Waals surface area contributed by atoms with Gasteiger partial charge in [0.15, 0.2) is 0 Å². The molecule has 0 radical (unpaired) electrons. The molecule has 1 aliphatic rings. The molecule has 15 heavy (non-hydrogen) atoms. The van der Waals surface area contributed by atoms with Crippen molar-refractivity contribution in [1.29, 1.82) is 0 Å². The van der Waals surface area contributed by atoms with Crippen molar-refractivity contribution in [2.24, 2.45) is 0 Å². The van der Waals surface area contributed by atoms with E-state index in [1.807, 2.05) is 6.92 Å². The first kappa shape index (κ1) is 12.0. The van der Waals surface area contributed by atoms with Crippen LogP contribution in [0.4, 0.5) is 0 Å². The summed E-state index contributed by atoms with van der Waals surface area (Å²) in [6.07, 6.45) is 3.50. The topological polar surface area (TPSA) is 75.6 Å². The lowest BCUT2D eigenvalue weighted by atomic mass is 10.1. The maximum Gasteiger partial charge on any atom is 0.322 e. The van der Waals surface area contributed by atoms with Gasteiger partial charge in [0.1, 0.15) is 6.54 Å². The number of nitrogens with one attached hydrogen (secondary N) is 1. The normalized spacial score (nSPS) is 25.1. The number of hydrogen-bond donors (Lipinski definition) is 2. The van der Waals surface area contributed by atoms with E-state index in [1.165, 1.54) is 0 Å². The highest BCUT2D eigenvalue weighted by Gasteiger charge is 2.22. The standard InChI is InChI=1S/C10H17NO4/c1-7-2-3-8(15-7)4-5-9(12)11-6-10(13)14/h7-8H,2-6H2,1H3,(H,11,12)(H,13,14). The molecule has 0 aromatic rings. The Balaban J connectivity index is 2.09. The number of carbonyl (C=O) groups is 2. The number of rotatable bonds is 5. The maximum absolute atomic E-state index is 11.2. The maximum atomic E-state index is 11.2. The van der Waals surface area contributed by atoms with Gasteiger partial charge in [-0.3, -0.25) is 9.59 Å². The fourth-order valence-electron chi connectivity index (χ4n) is 1.65. The van der Waals surface area contributed by atoms with Crippen molar-refractivity contribution in [2.75, 3.05) is 6.54 Å². The lowest BCUT2D eigenvalue weighted by Crippen LogP contribution is -2.29. The van der Waals surface area contributed by atoms with Crippen LogP contribution in [0, 0.1) is 0 Å². The molecule has 1 fully saturated rings. The Bertz CT molecular complexity index is 242. The van der Waals surface area contributed by atoms with E-state index < -0.39 is 5.97 Å². The second-order valence-electron chi connectivity index (χ2n) is 3.86. The van der Waals surface area contributed by atoms with Crippen molar-refractivity contribution in [3.63, 3.8) is 0 Å². The zero-order valence-electron chi connectivity index (χ0n) is 8.86. The van der Waals surface area contributed by atoms with Gasteiger partial charge < -0.3 is 15.2 Å². The number of carboxylic acid groups (broad SMARTS) is 1. The van der Waals surface area contributed by atoms with E-state index in [9.17, 15) is 9.59 Å². The van der Waals surface area contributed by atoms with Crippen molar-refractivity contribution in [3.8, 4) is 0 Å². The highest BCUT2D eigenvalue weighted by molar-refractivity contribution is 5.81. The van der Waals surface area contributed by atoms with E-state index in [-0.39, 0.29) is 24.7 Å². The van der Waals surface area contributed by atoms with Gasteiger partial charge in [-0.05, 0) is 26.2 Å². The Morgan fingerprint density at radius 3 is 2.73 bits per heavy atom. The predicted molar refractivity (Wildman–Crippen MR) is 53.4 cm³/mol. The van der Waals surface area contributed by atoms with E-state index in [4.69, 9.17) is 9.84 Å². The van der Waals surface area contributed by atoms with Crippen LogP contribution in [0.15, 0.2) is 0 Å². The Morgan fingerprint density at radius 2 is 2.20 bits per heavy atom. The molecule has 1 aliphatic heterocycles.